The molecule has 1 unspecified atom stereocenters. The predicted octanol–water partition coefficient (Wildman–Crippen LogP) is 2.62. The maximum atomic E-state index is 12.3. The van der Waals surface area contributed by atoms with Gasteiger partial charge in [-0.2, -0.15) is 0 Å². The molecular weight excluding hydrogens is 288 g/mol. The van der Waals surface area contributed by atoms with Crippen molar-refractivity contribution < 1.29 is 9.53 Å². The zero-order valence-corrected chi connectivity index (χ0v) is 13.7. The normalized spacial score (nSPS) is 13.2. The highest BCUT2D eigenvalue weighted by molar-refractivity contribution is 5.86. The van der Waals surface area contributed by atoms with Gasteiger partial charge in [-0.05, 0) is 43.0 Å². The Morgan fingerprint density at radius 3 is 2.39 bits per heavy atom. The Balaban J connectivity index is 1.80. The minimum Gasteiger partial charge on any atom is -0.497 e. The van der Waals surface area contributed by atoms with Gasteiger partial charge in [-0.25, -0.2) is 0 Å². The van der Waals surface area contributed by atoms with Gasteiger partial charge in [0.15, 0.2) is 0 Å². The second-order valence-electron chi connectivity index (χ2n) is 5.78. The molecule has 0 spiro atoms. The van der Waals surface area contributed by atoms with Crippen LogP contribution in [0.1, 0.15) is 24.5 Å². The molecule has 0 aliphatic heterocycles. The van der Waals surface area contributed by atoms with E-state index in [-0.39, 0.29) is 5.91 Å². The fourth-order valence-corrected chi connectivity index (χ4v) is 2.39. The standard InChI is InChI=1S/C19H24N2O2/c1-19(20,16-8-4-3-5-9-16)18(22)21-14-6-7-15-10-12-17(23-2)13-11-15/h3-5,8-13H,6-7,14,20H2,1-2H3,(H,21,22). The van der Waals surface area contributed by atoms with Gasteiger partial charge < -0.3 is 15.8 Å². The molecule has 0 saturated heterocycles. The highest BCUT2D eigenvalue weighted by Gasteiger charge is 2.29. The zero-order valence-electron chi connectivity index (χ0n) is 13.7. The summed E-state index contributed by atoms with van der Waals surface area (Å²) in [6.45, 7) is 2.34. The van der Waals surface area contributed by atoms with Crippen LogP contribution in [-0.2, 0) is 16.8 Å². The third-order valence-electron chi connectivity index (χ3n) is 3.93. The number of hydrogen-bond acceptors (Lipinski definition) is 3. The summed E-state index contributed by atoms with van der Waals surface area (Å²) < 4.78 is 5.13. The summed E-state index contributed by atoms with van der Waals surface area (Å²) in [5.74, 6) is 0.697. The zero-order chi connectivity index (χ0) is 16.7. The molecular formula is C19H24N2O2. The van der Waals surface area contributed by atoms with E-state index in [1.165, 1.54) is 5.56 Å². The van der Waals surface area contributed by atoms with Gasteiger partial charge in [-0.15, -0.1) is 0 Å². The molecule has 0 fully saturated rings. The van der Waals surface area contributed by atoms with Gasteiger partial charge in [0.25, 0.3) is 0 Å². The Hall–Kier alpha value is -2.33. The van der Waals surface area contributed by atoms with Crippen molar-refractivity contribution in [3.63, 3.8) is 0 Å². The first-order chi connectivity index (χ1) is 11.0. The van der Waals surface area contributed by atoms with Crippen molar-refractivity contribution >= 4 is 5.91 Å². The molecule has 2 aromatic rings. The second-order valence-corrected chi connectivity index (χ2v) is 5.78. The van der Waals surface area contributed by atoms with E-state index >= 15 is 0 Å². The number of aryl methyl sites for hydroxylation is 1. The van der Waals surface area contributed by atoms with Crippen LogP contribution in [-0.4, -0.2) is 19.6 Å². The van der Waals surface area contributed by atoms with E-state index in [2.05, 4.69) is 5.32 Å². The average Bonchev–Trinajstić information content (AvgIpc) is 2.59. The minimum atomic E-state index is -1.01. The number of hydrogen-bond donors (Lipinski definition) is 2. The summed E-state index contributed by atoms with van der Waals surface area (Å²) in [6, 6.07) is 17.4. The third-order valence-corrected chi connectivity index (χ3v) is 3.93. The molecule has 0 saturated carbocycles. The second kappa shape index (κ2) is 7.79. The van der Waals surface area contributed by atoms with Crippen molar-refractivity contribution in [1.29, 1.82) is 0 Å². The van der Waals surface area contributed by atoms with Crippen LogP contribution in [0.5, 0.6) is 5.75 Å². The summed E-state index contributed by atoms with van der Waals surface area (Å²) in [5, 5.41) is 2.93. The average molecular weight is 312 g/mol. The lowest BCUT2D eigenvalue weighted by molar-refractivity contribution is -0.126. The first kappa shape index (κ1) is 17.0. The van der Waals surface area contributed by atoms with E-state index in [9.17, 15) is 4.79 Å². The monoisotopic (exact) mass is 312 g/mol. The van der Waals surface area contributed by atoms with Crippen molar-refractivity contribution in [2.45, 2.75) is 25.3 Å². The van der Waals surface area contributed by atoms with Crippen molar-refractivity contribution in [3.05, 3.63) is 65.7 Å². The lowest BCUT2D eigenvalue weighted by atomic mass is 9.92. The number of carbonyl (C=O) groups excluding carboxylic acids is 1. The van der Waals surface area contributed by atoms with Gasteiger partial charge in [0.05, 0.1) is 7.11 Å². The van der Waals surface area contributed by atoms with Crippen molar-refractivity contribution in [1.82, 2.24) is 5.32 Å². The van der Waals surface area contributed by atoms with Crippen LogP contribution in [0.25, 0.3) is 0 Å². The molecule has 0 bridgehead atoms. The Morgan fingerprint density at radius 1 is 1.13 bits per heavy atom. The van der Waals surface area contributed by atoms with E-state index in [0.717, 1.165) is 24.2 Å². The van der Waals surface area contributed by atoms with Gasteiger partial charge in [0.1, 0.15) is 11.3 Å². The molecule has 0 aliphatic rings. The Labute approximate surface area is 137 Å². The highest BCUT2D eigenvalue weighted by Crippen LogP contribution is 2.17. The van der Waals surface area contributed by atoms with Crippen molar-refractivity contribution in [2.24, 2.45) is 5.73 Å². The summed E-state index contributed by atoms with van der Waals surface area (Å²) in [6.07, 6.45) is 1.76. The Bertz CT molecular complexity index is 622. The molecule has 23 heavy (non-hydrogen) atoms. The molecule has 0 aliphatic carbocycles. The number of nitrogens with two attached hydrogens (primary N) is 1. The minimum absolute atomic E-state index is 0.154. The SMILES string of the molecule is COc1ccc(CCCNC(=O)C(C)(N)c2ccccc2)cc1. The van der Waals surface area contributed by atoms with E-state index in [1.807, 2.05) is 54.6 Å². The van der Waals surface area contributed by atoms with E-state index in [4.69, 9.17) is 10.5 Å². The number of rotatable bonds is 7. The topological polar surface area (TPSA) is 64.3 Å². The number of nitrogens with one attached hydrogen (secondary N) is 1. The van der Waals surface area contributed by atoms with Crippen LogP contribution >= 0.6 is 0 Å². The van der Waals surface area contributed by atoms with Crippen LogP contribution in [0.3, 0.4) is 0 Å². The summed E-state index contributed by atoms with van der Waals surface area (Å²) in [4.78, 5) is 12.3. The first-order valence-electron chi connectivity index (χ1n) is 7.79. The molecule has 4 nitrogen and oxygen atoms in total. The van der Waals surface area contributed by atoms with Gasteiger partial charge in [0, 0.05) is 6.54 Å². The van der Waals surface area contributed by atoms with Crippen LogP contribution < -0.4 is 15.8 Å². The van der Waals surface area contributed by atoms with Gasteiger partial charge >= 0.3 is 0 Å². The molecule has 4 heteroatoms. The van der Waals surface area contributed by atoms with E-state index in [1.54, 1.807) is 14.0 Å². The smallest absolute Gasteiger partial charge is 0.244 e. The number of amides is 1. The molecule has 0 aromatic heterocycles. The molecule has 2 aromatic carbocycles. The van der Waals surface area contributed by atoms with Crippen LogP contribution in [0, 0.1) is 0 Å². The van der Waals surface area contributed by atoms with Gasteiger partial charge in [0.2, 0.25) is 5.91 Å². The molecule has 2 rings (SSSR count). The molecule has 3 N–H and O–H groups in total. The predicted molar refractivity (Wildman–Crippen MR) is 92.3 cm³/mol. The maximum absolute atomic E-state index is 12.3. The number of benzene rings is 2. The van der Waals surface area contributed by atoms with Crippen LogP contribution in [0.15, 0.2) is 54.6 Å². The Kier molecular flexibility index (Phi) is 5.77. The van der Waals surface area contributed by atoms with Crippen molar-refractivity contribution in [2.75, 3.05) is 13.7 Å². The molecule has 122 valence electrons. The number of carbonyl (C=O) groups is 1. The van der Waals surface area contributed by atoms with Gasteiger partial charge in [-0.3, -0.25) is 4.79 Å². The maximum Gasteiger partial charge on any atom is 0.244 e. The largest absolute Gasteiger partial charge is 0.497 e. The molecule has 1 amide bonds. The van der Waals surface area contributed by atoms with Crippen LogP contribution in [0.2, 0.25) is 0 Å². The lowest BCUT2D eigenvalue weighted by Gasteiger charge is -2.24. The molecule has 0 radical (unpaired) electrons. The summed E-state index contributed by atoms with van der Waals surface area (Å²) in [5.41, 5.74) is 7.20. The molecule has 1 atom stereocenters. The highest BCUT2D eigenvalue weighted by atomic mass is 16.5. The van der Waals surface area contributed by atoms with Gasteiger partial charge in [-0.1, -0.05) is 42.5 Å². The summed E-state index contributed by atoms with van der Waals surface area (Å²) >= 11 is 0. The third kappa shape index (κ3) is 4.57. The molecule has 0 heterocycles. The lowest BCUT2D eigenvalue weighted by Crippen LogP contribution is -2.49. The fourth-order valence-electron chi connectivity index (χ4n) is 2.39. The quantitative estimate of drug-likeness (QED) is 0.773. The summed E-state index contributed by atoms with van der Waals surface area (Å²) in [7, 11) is 1.65. The van der Waals surface area contributed by atoms with Crippen LogP contribution in [0.4, 0.5) is 0 Å². The van der Waals surface area contributed by atoms with E-state index < -0.39 is 5.54 Å². The van der Waals surface area contributed by atoms with Crippen molar-refractivity contribution in [3.8, 4) is 5.75 Å². The number of methoxy groups -OCH3 is 1. The number of ether oxygens (including phenoxy) is 1. The first-order valence-corrected chi connectivity index (χ1v) is 7.79. The van der Waals surface area contributed by atoms with E-state index in [0.29, 0.717) is 6.54 Å². The fraction of sp³-hybridized carbons (Fsp3) is 0.316. The Morgan fingerprint density at radius 2 is 1.78 bits per heavy atom.